The van der Waals surface area contributed by atoms with Gasteiger partial charge in [-0.25, -0.2) is 9.78 Å². The summed E-state index contributed by atoms with van der Waals surface area (Å²) in [5, 5.41) is 17.4. The fourth-order valence-electron chi connectivity index (χ4n) is 1.69. The number of carboxylic acids is 1. The third-order valence-electron chi connectivity index (χ3n) is 2.68. The molecule has 0 bridgehead atoms. The van der Waals surface area contributed by atoms with Crippen molar-refractivity contribution in [1.82, 2.24) is 24.5 Å². The highest BCUT2D eigenvalue weighted by molar-refractivity contribution is 5.83. The van der Waals surface area contributed by atoms with Crippen LogP contribution in [0.1, 0.15) is 56.1 Å². The lowest BCUT2D eigenvalue weighted by molar-refractivity contribution is 0.0683. The maximum atomic E-state index is 11.0. The van der Waals surface area contributed by atoms with Crippen molar-refractivity contribution in [3.05, 3.63) is 23.9 Å². The van der Waals surface area contributed by atoms with Crippen molar-refractivity contribution in [2.45, 2.75) is 39.7 Å². The molecule has 0 unspecified atom stereocenters. The molecule has 0 atom stereocenters. The van der Waals surface area contributed by atoms with Gasteiger partial charge in [0.15, 0.2) is 5.82 Å². The first-order valence-corrected chi connectivity index (χ1v) is 6.16. The number of aromatic nitrogens is 5. The Bertz CT molecular complexity index is 597. The molecule has 2 aromatic rings. The molecule has 0 aliphatic rings. The van der Waals surface area contributed by atoms with E-state index in [-0.39, 0.29) is 17.8 Å². The summed E-state index contributed by atoms with van der Waals surface area (Å²) in [4.78, 5) is 15.0. The van der Waals surface area contributed by atoms with Crippen LogP contribution in [0.5, 0.6) is 0 Å². The van der Waals surface area contributed by atoms with Crippen LogP contribution in [0.15, 0.2) is 12.3 Å². The van der Waals surface area contributed by atoms with Gasteiger partial charge in [0.1, 0.15) is 5.82 Å². The first kappa shape index (κ1) is 13.3. The minimum atomic E-state index is -1.14. The molecule has 2 rings (SSSR count). The number of aromatic carboxylic acids is 1. The van der Waals surface area contributed by atoms with Gasteiger partial charge in [0, 0.05) is 24.2 Å². The van der Waals surface area contributed by atoms with E-state index in [0.29, 0.717) is 11.6 Å². The van der Waals surface area contributed by atoms with Crippen LogP contribution in [-0.4, -0.2) is 35.6 Å². The van der Waals surface area contributed by atoms with Crippen LogP contribution in [0.4, 0.5) is 0 Å². The largest absolute Gasteiger partial charge is 0.475 e. The topological polar surface area (TPSA) is 85.8 Å². The molecule has 0 aliphatic carbocycles. The molecule has 0 fully saturated rings. The van der Waals surface area contributed by atoms with Gasteiger partial charge >= 0.3 is 5.97 Å². The first-order chi connectivity index (χ1) is 8.90. The van der Waals surface area contributed by atoms with Gasteiger partial charge in [-0.05, 0) is 13.8 Å². The Labute approximate surface area is 110 Å². The van der Waals surface area contributed by atoms with Gasteiger partial charge in [-0.2, -0.15) is 9.78 Å². The van der Waals surface area contributed by atoms with Crippen LogP contribution in [0.2, 0.25) is 0 Å². The van der Waals surface area contributed by atoms with Crippen LogP contribution < -0.4 is 0 Å². The highest BCUT2D eigenvalue weighted by atomic mass is 16.4. The minimum absolute atomic E-state index is 0.0600. The lowest BCUT2D eigenvalue weighted by Crippen LogP contribution is -2.08. The summed E-state index contributed by atoms with van der Waals surface area (Å²) in [6.07, 6.45) is 1.84. The van der Waals surface area contributed by atoms with Gasteiger partial charge in [0.2, 0.25) is 0 Å². The van der Waals surface area contributed by atoms with E-state index in [9.17, 15) is 4.79 Å². The van der Waals surface area contributed by atoms with Crippen molar-refractivity contribution in [2.24, 2.45) is 0 Å². The molecular weight excluding hydrogens is 246 g/mol. The Morgan fingerprint density at radius 2 is 1.95 bits per heavy atom. The van der Waals surface area contributed by atoms with Gasteiger partial charge in [0.05, 0.1) is 0 Å². The predicted octanol–water partition coefficient (Wildman–Crippen LogP) is 1.87. The van der Waals surface area contributed by atoms with Gasteiger partial charge in [0.25, 0.3) is 5.82 Å². The van der Waals surface area contributed by atoms with Crippen LogP contribution in [0.25, 0.3) is 5.82 Å². The zero-order valence-corrected chi connectivity index (χ0v) is 11.4. The second-order valence-corrected chi connectivity index (χ2v) is 4.91. The molecule has 0 saturated carbocycles. The predicted molar refractivity (Wildman–Crippen MR) is 68.6 cm³/mol. The molecule has 102 valence electrons. The Balaban J connectivity index is 2.50. The second kappa shape index (κ2) is 4.83. The van der Waals surface area contributed by atoms with Crippen molar-refractivity contribution in [3.63, 3.8) is 0 Å². The fourth-order valence-corrected chi connectivity index (χ4v) is 1.69. The third-order valence-corrected chi connectivity index (χ3v) is 2.68. The lowest BCUT2D eigenvalue weighted by atomic mass is 10.2. The SMILES string of the molecule is CC(C)c1nc(C(=O)O)nn1-c1ccn(C(C)C)n1. The molecule has 7 nitrogen and oxygen atoms in total. The molecule has 0 amide bonds. The molecular formula is C12H17N5O2. The molecule has 2 aromatic heterocycles. The van der Waals surface area contributed by atoms with E-state index in [1.165, 1.54) is 4.68 Å². The molecule has 0 aliphatic heterocycles. The molecule has 19 heavy (non-hydrogen) atoms. The number of carboxylic acid groups (broad SMARTS) is 1. The van der Waals surface area contributed by atoms with Crippen molar-refractivity contribution in [1.29, 1.82) is 0 Å². The summed E-state index contributed by atoms with van der Waals surface area (Å²) in [7, 11) is 0. The van der Waals surface area contributed by atoms with Crippen molar-refractivity contribution < 1.29 is 9.90 Å². The van der Waals surface area contributed by atoms with Crippen molar-refractivity contribution >= 4 is 5.97 Å². The van der Waals surface area contributed by atoms with E-state index in [1.807, 2.05) is 33.9 Å². The van der Waals surface area contributed by atoms with Crippen LogP contribution in [0.3, 0.4) is 0 Å². The second-order valence-electron chi connectivity index (χ2n) is 4.91. The number of hydrogen-bond donors (Lipinski definition) is 1. The van der Waals surface area contributed by atoms with E-state index < -0.39 is 5.97 Å². The zero-order valence-electron chi connectivity index (χ0n) is 11.4. The smallest absolute Gasteiger partial charge is 0.375 e. The zero-order chi connectivity index (χ0) is 14.2. The Hall–Kier alpha value is -2.18. The van der Waals surface area contributed by atoms with Gasteiger partial charge in [-0.1, -0.05) is 13.8 Å². The van der Waals surface area contributed by atoms with E-state index in [2.05, 4.69) is 15.2 Å². The minimum Gasteiger partial charge on any atom is -0.475 e. The molecule has 1 N–H and O–H groups in total. The average molecular weight is 263 g/mol. The highest BCUT2D eigenvalue weighted by Crippen LogP contribution is 2.17. The van der Waals surface area contributed by atoms with Gasteiger partial charge in [-0.3, -0.25) is 4.68 Å². The summed E-state index contributed by atoms with van der Waals surface area (Å²) < 4.78 is 3.29. The fraction of sp³-hybridized carbons (Fsp3) is 0.500. The maximum Gasteiger partial charge on any atom is 0.375 e. The quantitative estimate of drug-likeness (QED) is 0.910. The summed E-state index contributed by atoms with van der Waals surface area (Å²) in [5.74, 6) is -0.111. The summed E-state index contributed by atoms with van der Waals surface area (Å²) in [5.41, 5.74) is 0. The lowest BCUT2D eigenvalue weighted by Gasteiger charge is -2.06. The van der Waals surface area contributed by atoms with Crippen molar-refractivity contribution in [2.75, 3.05) is 0 Å². The number of rotatable bonds is 4. The van der Waals surface area contributed by atoms with Gasteiger partial charge < -0.3 is 5.11 Å². The molecule has 0 radical (unpaired) electrons. The highest BCUT2D eigenvalue weighted by Gasteiger charge is 2.20. The number of nitrogens with zero attached hydrogens (tertiary/aromatic N) is 5. The normalized spacial score (nSPS) is 11.5. The third kappa shape index (κ3) is 2.49. The summed E-state index contributed by atoms with van der Waals surface area (Å²) in [6, 6.07) is 2.03. The number of carbonyl (C=O) groups is 1. The van der Waals surface area contributed by atoms with Crippen molar-refractivity contribution in [3.8, 4) is 5.82 Å². The number of hydrogen-bond acceptors (Lipinski definition) is 4. The van der Waals surface area contributed by atoms with Crippen LogP contribution >= 0.6 is 0 Å². The Morgan fingerprint density at radius 1 is 1.26 bits per heavy atom. The van der Waals surface area contributed by atoms with Crippen LogP contribution in [-0.2, 0) is 0 Å². The van der Waals surface area contributed by atoms with E-state index in [0.717, 1.165) is 0 Å². The summed E-state index contributed by atoms with van der Waals surface area (Å²) >= 11 is 0. The molecule has 0 spiro atoms. The standard InChI is InChI=1S/C12H17N5O2/c1-7(2)11-13-10(12(18)19)15-17(11)9-5-6-16(14-9)8(3)4/h5-8H,1-4H3,(H,18,19). The molecule has 7 heteroatoms. The monoisotopic (exact) mass is 263 g/mol. The molecule has 2 heterocycles. The molecule has 0 saturated heterocycles. The van der Waals surface area contributed by atoms with Crippen LogP contribution in [0, 0.1) is 0 Å². The molecule has 0 aromatic carbocycles. The Morgan fingerprint density at radius 3 is 2.42 bits per heavy atom. The van der Waals surface area contributed by atoms with Gasteiger partial charge in [-0.15, -0.1) is 5.10 Å². The summed E-state index contributed by atoms with van der Waals surface area (Å²) in [6.45, 7) is 7.91. The Kier molecular flexibility index (Phi) is 3.37. The maximum absolute atomic E-state index is 11.0. The van der Waals surface area contributed by atoms with E-state index in [4.69, 9.17) is 5.11 Å². The first-order valence-electron chi connectivity index (χ1n) is 6.16. The van der Waals surface area contributed by atoms with E-state index >= 15 is 0 Å². The average Bonchev–Trinajstić information content (AvgIpc) is 2.95. The van der Waals surface area contributed by atoms with E-state index in [1.54, 1.807) is 10.7 Å².